The van der Waals surface area contributed by atoms with Gasteiger partial charge in [-0.05, 0) is 72.1 Å². The third kappa shape index (κ3) is 7.43. The Morgan fingerprint density at radius 3 is 2.64 bits per heavy atom. The average Bonchev–Trinajstić information content (AvgIpc) is 3.43. The van der Waals surface area contributed by atoms with Crippen molar-refractivity contribution in [2.75, 3.05) is 30.1 Å². The van der Waals surface area contributed by atoms with Crippen molar-refractivity contribution in [2.24, 2.45) is 0 Å². The molecule has 1 aromatic heterocycles. The Morgan fingerprint density at radius 1 is 1.11 bits per heavy atom. The van der Waals surface area contributed by atoms with E-state index < -0.39 is 6.04 Å². The van der Waals surface area contributed by atoms with E-state index in [1.165, 1.54) is 0 Å². The summed E-state index contributed by atoms with van der Waals surface area (Å²) in [6.07, 6.45) is 2.13. The Labute approximate surface area is 280 Å². The normalized spacial score (nSPS) is 14.0. The first-order valence-corrected chi connectivity index (χ1v) is 16.8. The van der Waals surface area contributed by atoms with Gasteiger partial charge in [-0.15, -0.1) is 5.10 Å². The van der Waals surface area contributed by atoms with Crippen LogP contribution in [0.4, 0.5) is 11.6 Å². The molecule has 1 aliphatic heterocycles. The number of rotatable bonds is 13. The number of ether oxygens (including phenoxy) is 3. The molecular formula is C33H35BrClN5O4S. The standard InChI is InChI=1S/C33H35BrClN5O4S/c1-5-7-16-45-33-38-32-36-20(3)28(31(41)37-25-14-10-11-15-26(25)43-6-2)29(40(32)39-33)22-17-23(34)30(27(18-22)42-4)44-19-21-12-8-9-13-24(21)35/h8-15,17-18,29H,5-7,16,19H2,1-4H3,(H,37,41)(H,36,38,39). The summed E-state index contributed by atoms with van der Waals surface area (Å²) in [5, 5.41) is 12.5. The van der Waals surface area contributed by atoms with Crippen LogP contribution in [-0.4, -0.2) is 40.1 Å². The van der Waals surface area contributed by atoms with Gasteiger partial charge in [0.05, 0.1) is 29.4 Å². The van der Waals surface area contributed by atoms with Crippen LogP contribution < -0.4 is 24.8 Å². The quantitative estimate of drug-likeness (QED) is 0.105. The number of nitrogens with zero attached hydrogens (tertiary/aromatic N) is 3. The molecule has 0 spiro atoms. The number of para-hydroxylation sites is 2. The monoisotopic (exact) mass is 711 g/mol. The van der Waals surface area contributed by atoms with Gasteiger partial charge in [0.15, 0.2) is 11.5 Å². The summed E-state index contributed by atoms with van der Waals surface area (Å²) >= 11 is 11.7. The maximum Gasteiger partial charge on any atom is 0.255 e. The SMILES string of the molecule is CCCCSc1nc2n(n1)C(c1cc(Br)c(OCc3ccccc3Cl)c(OC)c1)C(C(=O)Nc1ccccc1OCC)=C(C)N2. The van der Waals surface area contributed by atoms with Crippen molar-refractivity contribution in [3.05, 3.63) is 92.6 Å². The van der Waals surface area contributed by atoms with Crippen LogP contribution >= 0.6 is 39.3 Å². The predicted molar refractivity (Wildman–Crippen MR) is 183 cm³/mol. The van der Waals surface area contributed by atoms with E-state index in [9.17, 15) is 4.79 Å². The summed E-state index contributed by atoms with van der Waals surface area (Å²) in [6.45, 7) is 6.64. The molecule has 9 nitrogen and oxygen atoms in total. The predicted octanol–water partition coefficient (Wildman–Crippen LogP) is 8.50. The highest BCUT2D eigenvalue weighted by atomic mass is 79.9. The number of amides is 1. The minimum absolute atomic E-state index is 0.249. The second-order valence-corrected chi connectivity index (χ2v) is 12.6. The summed E-state index contributed by atoms with van der Waals surface area (Å²) in [4.78, 5) is 18.9. The molecule has 45 heavy (non-hydrogen) atoms. The number of methoxy groups -OCH3 is 1. The van der Waals surface area contributed by atoms with Crippen LogP contribution in [0, 0.1) is 0 Å². The highest BCUT2D eigenvalue weighted by molar-refractivity contribution is 9.10. The smallest absolute Gasteiger partial charge is 0.255 e. The van der Waals surface area contributed by atoms with E-state index in [0.29, 0.717) is 61.4 Å². The van der Waals surface area contributed by atoms with E-state index in [-0.39, 0.29) is 12.5 Å². The Hall–Kier alpha value is -3.67. The molecule has 12 heteroatoms. The molecule has 2 heterocycles. The van der Waals surface area contributed by atoms with Gasteiger partial charge in [0.2, 0.25) is 11.1 Å². The molecule has 0 fully saturated rings. The molecule has 0 bridgehead atoms. The summed E-state index contributed by atoms with van der Waals surface area (Å²) in [7, 11) is 1.58. The zero-order valence-corrected chi connectivity index (χ0v) is 28.7. The maximum absolute atomic E-state index is 14.1. The van der Waals surface area contributed by atoms with Gasteiger partial charge in [-0.25, -0.2) is 4.68 Å². The molecule has 5 rings (SSSR count). The largest absolute Gasteiger partial charge is 0.493 e. The van der Waals surface area contributed by atoms with E-state index in [1.54, 1.807) is 23.6 Å². The highest BCUT2D eigenvalue weighted by Crippen LogP contribution is 2.44. The molecule has 0 radical (unpaired) electrons. The Balaban J connectivity index is 1.55. The number of nitrogens with one attached hydrogen (secondary N) is 2. The second kappa shape index (κ2) is 15.1. The molecule has 0 saturated heterocycles. The first kappa shape index (κ1) is 32.7. The number of halogens is 2. The molecule has 0 saturated carbocycles. The van der Waals surface area contributed by atoms with E-state index in [1.807, 2.05) is 74.5 Å². The van der Waals surface area contributed by atoms with E-state index >= 15 is 0 Å². The molecule has 4 aromatic rings. The summed E-state index contributed by atoms with van der Waals surface area (Å²) in [5.41, 5.74) is 3.31. The zero-order chi connectivity index (χ0) is 31.9. The van der Waals surface area contributed by atoms with Crippen LogP contribution in [0.25, 0.3) is 0 Å². The number of unbranched alkanes of at least 4 members (excludes halogenated alkanes) is 1. The topological polar surface area (TPSA) is 99.5 Å². The van der Waals surface area contributed by atoms with Crippen molar-refractivity contribution in [3.63, 3.8) is 0 Å². The third-order valence-corrected chi connectivity index (χ3v) is 9.02. The van der Waals surface area contributed by atoms with Crippen molar-refractivity contribution in [1.29, 1.82) is 0 Å². The van der Waals surface area contributed by atoms with Crippen molar-refractivity contribution in [3.8, 4) is 17.2 Å². The molecule has 0 aliphatic carbocycles. The lowest BCUT2D eigenvalue weighted by molar-refractivity contribution is -0.113. The van der Waals surface area contributed by atoms with Crippen molar-refractivity contribution in [2.45, 2.75) is 51.4 Å². The van der Waals surface area contributed by atoms with E-state index in [2.05, 4.69) is 33.5 Å². The van der Waals surface area contributed by atoms with E-state index in [0.717, 1.165) is 29.7 Å². The van der Waals surface area contributed by atoms with Gasteiger partial charge < -0.3 is 24.8 Å². The van der Waals surface area contributed by atoms with Crippen LogP contribution in [0.3, 0.4) is 0 Å². The van der Waals surface area contributed by atoms with Crippen molar-refractivity contribution in [1.82, 2.24) is 14.8 Å². The Morgan fingerprint density at radius 2 is 1.89 bits per heavy atom. The number of hydrogen-bond donors (Lipinski definition) is 2. The number of carbonyl (C=O) groups excluding carboxylic acids is 1. The number of anilines is 2. The summed E-state index contributed by atoms with van der Waals surface area (Å²) in [6, 6.07) is 18.1. The van der Waals surface area contributed by atoms with E-state index in [4.69, 9.17) is 35.9 Å². The number of fused-ring (bicyclic) bond motifs is 1. The number of benzene rings is 3. The van der Waals surface area contributed by atoms with Crippen LogP contribution in [-0.2, 0) is 11.4 Å². The summed E-state index contributed by atoms with van der Waals surface area (Å²) in [5.74, 6) is 2.75. The van der Waals surface area contributed by atoms with Gasteiger partial charge in [-0.2, -0.15) is 4.98 Å². The third-order valence-electron chi connectivity index (χ3n) is 7.14. The van der Waals surface area contributed by atoms with Gasteiger partial charge in [0.25, 0.3) is 5.91 Å². The van der Waals surface area contributed by atoms with Crippen molar-refractivity contribution < 1.29 is 19.0 Å². The molecule has 2 N–H and O–H groups in total. The van der Waals surface area contributed by atoms with Gasteiger partial charge in [0, 0.05) is 22.0 Å². The lowest BCUT2D eigenvalue weighted by Crippen LogP contribution is -2.31. The molecule has 1 amide bonds. The number of thioether (sulfide) groups is 1. The fraction of sp³-hybridized carbons (Fsp3) is 0.303. The fourth-order valence-corrected chi connectivity index (χ4v) is 6.62. The van der Waals surface area contributed by atoms with Gasteiger partial charge >= 0.3 is 0 Å². The van der Waals surface area contributed by atoms with Crippen LogP contribution in [0.15, 0.2) is 81.6 Å². The summed E-state index contributed by atoms with van der Waals surface area (Å²) < 4.78 is 20.2. The van der Waals surface area contributed by atoms with Crippen LogP contribution in [0.2, 0.25) is 5.02 Å². The number of aromatic nitrogens is 3. The molecule has 1 aliphatic rings. The number of hydrogen-bond acceptors (Lipinski definition) is 8. The minimum atomic E-state index is -0.628. The Kier molecular flexibility index (Phi) is 11.0. The van der Waals surface area contributed by atoms with Gasteiger partial charge in [-0.1, -0.05) is 67.0 Å². The maximum atomic E-state index is 14.1. The van der Waals surface area contributed by atoms with Crippen LogP contribution in [0.5, 0.6) is 17.2 Å². The Bertz CT molecular complexity index is 1710. The van der Waals surface area contributed by atoms with Gasteiger partial charge in [-0.3, -0.25) is 4.79 Å². The fourth-order valence-electron chi connectivity index (χ4n) is 4.95. The van der Waals surface area contributed by atoms with Crippen LogP contribution in [0.1, 0.15) is 50.8 Å². The average molecular weight is 713 g/mol. The molecule has 1 atom stereocenters. The zero-order valence-electron chi connectivity index (χ0n) is 25.5. The lowest BCUT2D eigenvalue weighted by atomic mass is 9.94. The molecular weight excluding hydrogens is 678 g/mol. The molecule has 1 unspecified atom stereocenters. The highest BCUT2D eigenvalue weighted by Gasteiger charge is 2.36. The number of allylic oxidation sites excluding steroid dienone is 1. The second-order valence-electron chi connectivity index (χ2n) is 10.2. The van der Waals surface area contributed by atoms with Gasteiger partial charge in [0.1, 0.15) is 18.4 Å². The molecule has 3 aromatic carbocycles. The first-order chi connectivity index (χ1) is 21.8. The van der Waals surface area contributed by atoms with Crippen molar-refractivity contribution >= 4 is 56.8 Å². The molecule has 236 valence electrons. The minimum Gasteiger partial charge on any atom is -0.493 e. The first-order valence-electron chi connectivity index (χ1n) is 14.7. The lowest BCUT2D eigenvalue weighted by Gasteiger charge is -2.29. The number of carbonyl (C=O) groups is 1.